The molecule has 1 heterocycles. The maximum atomic E-state index is 10.5. The molecule has 0 aliphatic heterocycles. The third-order valence-electron chi connectivity index (χ3n) is 1.33. The van der Waals surface area contributed by atoms with Crippen molar-refractivity contribution in [3.63, 3.8) is 0 Å². The van der Waals surface area contributed by atoms with E-state index in [-0.39, 0.29) is 5.82 Å². The highest BCUT2D eigenvalue weighted by molar-refractivity contribution is 5.88. The maximum absolute atomic E-state index is 10.5. The first-order valence-corrected chi connectivity index (χ1v) is 3.34. The number of amides is 1. The minimum absolute atomic E-state index is 0.0715. The van der Waals surface area contributed by atoms with E-state index in [1.807, 2.05) is 6.92 Å². The molecule has 58 valence electrons. The number of nitrogens with two attached hydrogens (primary N) is 1. The fraction of sp³-hybridized carbons (Fsp3) is 0.286. The summed E-state index contributed by atoms with van der Waals surface area (Å²) in [4.78, 5) is 18.0. The molecule has 0 spiro atoms. The molecule has 0 aromatic carbocycles. The monoisotopic (exact) mass is 151 g/mol. The molecule has 1 rings (SSSR count). The van der Waals surface area contributed by atoms with Crippen molar-refractivity contribution < 1.29 is 4.79 Å². The second kappa shape index (κ2) is 3.09. The van der Waals surface area contributed by atoms with Crippen molar-refractivity contribution >= 4 is 5.91 Å². The van der Waals surface area contributed by atoms with Gasteiger partial charge in [-0.25, -0.2) is 9.97 Å². The van der Waals surface area contributed by atoms with Crippen LogP contribution < -0.4 is 5.73 Å². The van der Waals surface area contributed by atoms with Gasteiger partial charge in [0.15, 0.2) is 0 Å². The lowest BCUT2D eigenvalue weighted by atomic mass is 10.3. The van der Waals surface area contributed by atoms with Crippen molar-refractivity contribution in [3.05, 3.63) is 23.8 Å². The number of primary amides is 1. The van der Waals surface area contributed by atoms with E-state index in [9.17, 15) is 4.79 Å². The van der Waals surface area contributed by atoms with E-state index >= 15 is 0 Å². The summed E-state index contributed by atoms with van der Waals surface area (Å²) in [6.45, 7) is 1.99. The summed E-state index contributed by atoms with van der Waals surface area (Å²) in [5.74, 6) is -0.519. The number of rotatable bonds is 2. The lowest BCUT2D eigenvalue weighted by Gasteiger charge is -1.94. The third kappa shape index (κ3) is 1.73. The van der Waals surface area contributed by atoms with Gasteiger partial charge in [-0.05, 0) is 12.0 Å². The van der Waals surface area contributed by atoms with Gasteiger partial charge in [0.1, 0.15) is 0 Å². The van der Waals surface area contributed by atoms with E-state index in [2.05, 4.69) is 9.97 Å². The SMILES string of the molecule is CCc1cnc(C(N)=O)nc1. The fourth-order valence-electron chi connectivity index (χ4n) is 0.665. The predicted molar refractivity (Wildman–Crippen MR) is 39.9 cm³/mol. The molecule has 0 bridgehead atoms. The van der Waals surface area contributed by atoms with E-state index in [1.165, 1.54) is 0 Å². The molecule has 11 heavy (non-hydrogen) atoms. The normalized spacial score (nSPS) is 9.55. The quantitative estimate of drug-likeness (QED) is 0.653. The molecule has 0 saturated carbocycles. The molecule has 0 atom stereocenters. The Balaban J connectivity index is 2.91. The number of hydrogen-bond acceptors (Lipinski definition) is 3. The van der Waals surface area contributed by atoms with Gasteiger partial charge in [0.2, 0.25) is 5.82 Å². The number of hydrogen-bond donors (Lipinski definition) is 1. The summed E-state index contributed by atoms with van der Waals surface area (Å²) in [5, 5.41) is 0. The molecule has 0 saturated heterocycles. The van der Waals surface area contributed by atoms with Crippen molar-refractivity contribution in [1.82, 2.24) is 9.97 Å². The van der Waals surface area contributed by atoms with Crippen LogP contribution in [0.25, 0.3) is 0 Å². The lowest BCUT2D eigenvalue weighted by Crippen LogP contribution is -2.15. The van der Waals surface area contributed by atoms with E-state index in [1.54, 1.807) is 12.4 Å². The second-order valence-electron chi connectivity index (χ2n) is 2.13. The summed E-state index contributed by atoms with van der Waals surface area (Å²) in [5.41, 5.74) is 5.94. The highest BCUT2D eigenvalue weighted by Gasteiger charge is 2.01. The van der Waals surface area contributed by atoms with Crippen LogP contribution in [0, 0.1) is 0 Å². The van der Waals surface area contributed by atoms with Crippen molar-refractivity contribution in [1.29, 1.82) is 0 Å². The molecule has 0 fully saturated rings. The van der Waals surface area contributed by atoms with Crippen molar-refractivity contribution in [3.8, 4) is 0 Å². The number of aromatic nitrogens is 2. The van der Waals surface area contributed by atoms with Crippen LogP contribution in [0.4, 0.5) is 0 Å². The molecule has 4 nitrogen and oxygen atoms in total. The maximum Gasteiger partial charge on any atom is 0.286 e. The van der Waals surface area contributed by atoms with Gasteiger partial charge in [-0.3, -0.25) is 4.79 Å². The Morgan fingerprint density at radius 1 is 1.55 bits per heavy atom. The summed E-state index contributed by atoms with van der Waals surface area (Å²) >= 11 is 0. The largest absolute Gasteiger partial charge is 0.363 e. The molecule has 0 radical (unpaired) electrons. The van der Waals surface area contributed by atoms with Crippen LogP contribution in [0.2, 0.25) is 0 Å². The Kier molecular flexibility index (Phi) is 2.15. The van der Waals surface area contributed by atoms with Crippen LogP contribution in [-0.2, 0) is 6.42 Å². The summed E-state index contributed by atoms with van der Waals surface area (Å²) < 4.78 is 0. The fourth-order valence-corrected chi connectivity index (χ4v) is 0.665. The van der Waals surface area contributed by atoms with Gasteiger partial charge >= 0.3 is 0 Å². The first-order chi connectivity index (χ1) is 5.24. The lowest BCUT2D eigenvalue weighted by molar-refractivity contribution is 0.0990. The number of nitrogens with zero attached hydrogens (tertiary/aromatic N) is 2. The number of carbonyl (C=O) groups is 1. The van der Waals surface area contributed by atoms with Gasteiger partial charge in [0.25, 0.3) is 5.91 Å². The van der Waals surface area contributed by atoms with Crippen molar-refractivity contribution in [2.24, 2.45) is 5.73 Å². The Hall–Kier alpha value is -1.45. The van der Waals surface area contributed by atoms with Crippen LogP contribution >= 0.6 is 0 Å². The minimum atomic E-state index is -0.590. The van der Waals surface area contributed by atoms with Crippen molar-refractivity contribution in [2.45, 2.75) is 13.3 Å². The Morgan fingerprint density at radius 2 is 2.09 bits per heavy atom. The van der Waals surface area contributed by atoms with E-state index in [4.69, 9.17) is 5.73 Å². The molecule has 4 heteroatoms. The van der Waals surface area contributed by atoms with E-state index in [0.29, 0.717) is 0 Å². The molecule has 0 aliphatic rings. The highest BCUT2D eigenvalue weighted by atomic mass is 16.1. The van der Waals surface area contributed by atoms with Gasteiger partial charge in [-0.1, -0.05) is 6.92 Å². The number of carbonyl (C=O) groups excluding carboxylic acids is 1. The molecule has 1 aromatic rings. The van der Waals surface area contributed by atoms with Crippen LogP contribution in [0.1, 0.15) is 23.1 Å². The van der Waals surface area contributed by atoms with Gasteiger partial charge in [0.05, 0.1) is 0 Å². The van der Waals surface area contributed by atoms with Crippen LogP contribution in [0.15, 0.2) is 12.4 Å². The smallest absolute Gasteiger partial charge is 0.286 e. The Bertz CT molecular complexity index is 255. The standard InChI is InChI=1S/C7H9N3O/c1-2-5-3-9-7(6(8)11)10-4-5/h3-4H,2H2,1H3,(H2,8,11). The first kappa shape index (κ1) is 7.65. The average molecular weight is 151 g/mol. The zero-order valence-electron chi connectivity index (χ0n) is 6.24. The van der Waals surface area contributed by atoms with Crippen LogP contribution in [0.5, 0.6) is 0 Å². The predicted octanol–water partition coefficient (Wildman–Crippen LogP) is 0.138. The topological polar surface area (TPSA) is 68.9 Å². The minimum Gasteiger partial charge on any atom is -0.363 e. The highest BCUT2D eigenvalue weighted by Crippen LogP contribution is 1.95. The van der Waals surface area contributed by atoms with E-state index < -0.39 is 5.91 Å². The van der Waals surface area contributed by atoms with Gasteiger partial charge < -0.3 is 5.73 Å². The zero-order valence-corrected chi connectivity index (χ0v) is 6.24. The van der Waals surface area contributed by atoms with Crippen LogP contribution in [-0.4, -0.2) is 15.9 Å². The Morgan fingerprint density at radius 3 is 2.45 bits per heavy atom. The Labute approximate surface area is 64.5 Å². The van der Waals surface area contributed by atoms with Gasteiger partial charge in [0, 0.05) is 12.4 Å². The van der Waals surface area contributed by atoms with Gasteiger partial charge in [-0.2, -0.15) is 0 Å². The van der Waals surface area contributed by atoms with Gasteiger partial charge in [-0.15, -0.1) is 0 Å². The van der Waals surface area contributed by atoms with Crippen molar-refractivity contribution in [2.75, 3.05) is 0 Å². The molecule has 2 N–H and O–H groups in total. The van der Waals surface area contributed by atoms with E-state index in [0.717, 1.165) is 12.0 Å². The molecule has 1 aromatic heterocycles. The molecule has 1 amide bonds. The first-order valence-electron chi connectivity index (χ1n) is 3.34. The third-order valence-corrected chi connectivity index (χ3v) is 1.33. The summed E-state index contributed by atoms with van der Waals surface area (Å²) in [7, 11) is 0. The summed E-state index contributed by atoms with van der Waals surface area (Å²) in [6.07, 6.45) is 4.07. The second-order valence-corrected chi connectivity index (χ2v) is 2.13. The number of aryl methyl sites for hydroxylation is 1. The molecule has 0 aliphatic carbocycles. The zero-order chi connectivity index (χ0) is 8.27. The average Bonchev–Trinajstić information content (AvgIpc) is 2.05. The molecular weight excluding hydrogens is 142 g/mol. The summed E-state index contributed by atoms with van der Waals surface area (Å²) in [6, 6.07) is 0. The van der Waals surface area contributed by atoms with Crippen LogP contribution in [0.3, 0.4) is 0 Å². The molecular formula is C7H9N3O. The molecule has 0 unspecified atom stereocenters.